The van der Waals surface area contributed by atoms with Crippen molar-refractivity contribution in [1.82, 2.24) is 0 Å². The molecule has 0 saturated heterocycles. The molecule has 0 bridgehead atoms. The van der Waals surface area contributed by atoms with E-state index in [1.54, 1.807) is 0 Å². The van der Waals surface area contributed by atoms with Crippen LogP contribution >= 0.6 is 12.0 Å². The van der Waals surface area contributed by atoms with Crippen LogP contribution in [0.3, 0.4) is 0 Å². The first kappa shape index (κ1) is 20.0. The Morgan fingerprint density at radius 3 is 2.26 bits per heavy atom. The summed E-state index contributed by atoms with van der Waals surface area (Å²) in [6.07, 6.45) is -7.66. The molecule has 0 heterocycles. The van der Waals surface area contributed by atoms with E-state index in [-0.39, 0.29) is 12.8 Å². The smallest absolute Gasteiger partial charge is 0.458 e. The number of ether oxygens (including phenoxy) is 1. The zero-order valence-electron chi connectivity index (χ0n) is 11.0. The van der Waals surface area contributed by atoms with E-state index >= 15 is 0 Å². The van der Waals surface area contributed by atoms with Gasteiger partial charge >= 0.3 is 23.1 Å². The Morgan fingerprint density at radius 1 is 1.17 bits per heavy atom. The lowest BCUT2D eigenvalue weighted by atomic mass is 9.96. The molecular weight excluding hydrogens is 362 g/mol. The number of hydrogen-bond acceptors (Lipinski definition) is 7. The molecule has 0 radical (unpaired) electrons. The third-order valence-electron chi connectivity index (χ3n) is 2.95. The fourth-order valence-electron chi connectivity index (χ4n) is 1.74. The molecule has 2 unspecified atom stereocenters. The van der Waals surface area contributed by atoms with Gasteiger partial charge in [0.2, 0.25) is 0 Å². The summed E-state index contributed by atoms with van der Waals surface area (Å²) in [5.74, 6) is -9.73. The molecule has 6 nitrogen and oxygen atoms in total. The van der Waals surface area contributed by atoms with Crippen LogP contribution in [0.25, 0.3) is 0 Å². The third-order valence-corrected chi connectivity index (χ3v) is 3.72. The molecule has 1 fully saturated rings. The summed E-state index contributed by atoms with van der Waals surface area (Å²) >= 11 is -1.50. The van der Waals surface area contributed by atoms with Crippen LogP contribution in [0.1, 0.15) is 25.7 Å². The van der Waals surface area contributed by atoms with E-state index in [0.29, 0.717) is 12.8 Å². The minimum Gasteiger partial charge on any atom is -0.691 e. The summed E-state index contributed by atoms with van der Waals surface area (Å²) in [6.45, 7) is 0. The Kier molecular flexibility index (Phi) is 6.29. The Bertz CT molecular complexity index is 458. The van der Waals surface area contributed by atoms with Gasteiger partial charge in [0.05, 0.1) is 12.0 Å². The number of ketones is 1. The molecule has 1 aliphatic carbocycles. The van der Waals surface area contributed by atoms with E-state index in [1.807, 2.05) is 0 Å². The van der Waals surface area contributed by atoms with E-state index in [9.17, 15) is 41.2 Å². The van der Waals surface area contributed by atoms with E-state index < -0.39 is 47.0 Å². The van der Waals surface area contributed by atoms with Crippen molar-refractivity contribution in [3.63, 3.8) is 0 Å². The standard InChI is InChI=1S/C10H10F6O6S/c11-8(23-22-21-19,9(12,13)10(14,15)16)7(18)20-6-4-2-1-3-5(6)17/h6,19H,1-4H2/p-1. The second kappa shape index (κ2) is 7.23. The lowest BCUT2D eigenvalue weighted by molar-refractivity contribution is -0.777. The average molecular weight is 371 g/mol. The Hall–Kier alpha value is -1.05. The summed E-state index contributed by atoms with van der Waals surface area (Å²) < 4.78 is 84.9. The highest BCUT2D eigenvalue weighted by Gasteiger charge is 2.77. The van der Waals surface area contributed by atoms with Crippen LogP contribution in [0.5, 0.6) is 0 Å². The molecule has 1 saturated carbocycles. The molecule has 23 heavy (non-hydrogen) atoms. The molecule has 0 aromatic carbocycles. The lowest BCUT2D eigenvalue weighted by Gasteiger charge is -2.32. The highest BCUT2D eigenvalue weighted by molar-refractivity contribution is 7.96. The first-order chi connectivity index (χ1) is 10.5. The van der Waals surface area contributed by atoms with Crippen LogP contribution in [0, 0.1) is 0 Å². The molecule has 1 aliphatic rings. The van der Waals surface area contributed by atoms with Crippen LogP contribution in [0.2, 0.25) is 0 Å². The largest absolute Gasteiger partial charge is 0.691 e. The monoisotopic (exact) mass is 371 g/mol. The molecule has 134 valence electrons. The van der Waals surface area contributed by atoms with Gasteiger partial charge in [-0.25, -0.2) is 9.18 Å². The number of rotatable bonds is 6. The Balaban J connectivity index is 3.04. The molecule has 1 rings (SSSR count). The molecular formula is C10H9F6O6S-. The molecule has 0 aliphatic heterocycles. The topological polar surface area (TPSA) is 84.9 Å². The number of halogens is 6. The SMILES string of the molecule is O=C1CCCCC1OC(=O)C(F)(SOO[O-])C(F)(F)C(F)(F)F. The number of Topliss-reactive ketones (excluding diaryl/α,β-unsaturated/α-hetero) is 1. The quantitative estimate of drug-likeness (QED) is 0.231. The lowest BCUT2D eigenvalue weighted by Crippen LogP contribution is -2.58. The summed E-state index contributed by atoms with van der Waals surface area (Å²) in [5.41, 5.74) is 0. The van der Waals surface area contributed by atoms with E-state index in [2.05, 4.69) is 14.1 Å². The number of alkyl halides is 6. The zero-order valence-corrected chi connectivity index (χ0v) is 11.8. The summed E-state index contributed by atoms with van der Waals surface area (Å²) in [6, 6.07) is 0. The summed E-state index contributed by atoms with van der Waals surface area (Å²) in [5, 5.41) is 6.91. The third kappa shape index (κ3) is 4.08. The van der Waals surface area contributed by atoms with Crippen molar-refractivity contribution >= 4 is 23.8 Å². The highest BCUT2D eigenvalue weighted by Crippen LogP contribution is 2.52. The predicted molar refractivity (Wildman–Crippen MR) is 58.0 cm³/mol. The second-order valence-electron chi connectivity index (χ2n) is 4.49. The first-order valence-electron chi connectivity index (χ1n) is 5.99. The number of carbonyl (C=O) groups excluding carboxylic acids is 2. The predicted octanol–water partition coefficient (Wildman–Crippen LogP) is 1.78. The van der Waals surface area contributed by atoms with Crippen molar-refractivity contribution in [3.05, 3.63) is 0 Å². The molecule has 0 spiro atoms. The van der Waals surface area contributed by atoms with Crippen LogP contribution < -0.4 is 5.26 Å². The molecule has 0 aromatic rings. The van der Waals surface area contributed by atoms with Crippen molar-refractivity contribution in [2.75, 3.05) is 0 Å². The van der Waals surface area contributed by atoms with Gasteiger partial charge in [-0.1, -0.05) is 0 Å². The van der Waals surface area contributed by atoms with Crippen molar-refractivity contribution in [2.45, 2.75) is 48.9 Å². The minimum atomic E-state index is -6.50. The summed E-state index contributed by atoms with van der Waals surface area (Å²) in [4.78, 5) is 22.9. The Morgan fingerprint density at radius 2 is 1.78 bits per heavy atom. The fourth-order valence-corrected chi connectivity index (χ4v) is 2.20. The van der Waals surface area contributed by atoms with Gasteiger partial charge in [-0.15, -0.1) is 0 Å². The molecule has 0 amide bonds. The van der Waals surface area contributed by atoms with Gasteiger partial charge in [-0.05, 0) is 19.3 Å². The van der Waals surface area contributed by atoms with Crippen LogP contribution in [-0.4, -0.2) is 35.0 Å². The van der Waals surface area contributed by atoms with Gasteiger partial charge in [-0.2, -0.15) is 26.3 Å². The van der Waals surface area contributed by atoms with Crippen molar-refractivity contribution in [3.8, 4) is 0 Å². The molecule has 0 N–H and O–H groups in total. The normalized spacial score (nSPS) is 22.6. The van der Waals surface area contributed by atoms with Crippen molar-refractivity contribution in [2.24, 2.45) is 0 Å². The number of esters is 1. The maximum Gasteiger partial charge on any atom is 0.458 e. The van der Waals surface area contributed by atoms with Gasteiger partial charge < -0.3 is 9.99 Å². The van der Waals surface area contributed by atoms with Crippen LogP contribution in [-0.2, 0) is 23.7 Å². The first-order valence-corrected chi connectivity index (χ1v) is 6.73. The van der Waals surface area contributed by atoms with Gasteiger partial charge in [0.1, 0.15) is 0 Å². The maximum absolute atomic E-state index is 14.1. The van der Waals surface area contributed by atoms with Gasteiger partial charge in [0, 0.05) is 6.42 Å². The van der Waals surface area contributed by atoms with Gasteiger partial charge in [-0.3, -0.25) is 9.83 Å². The second-order valence-corrected chi connectivity index (χ2v) is 5.36. The van der Waals surface area contributed by atoms with E-state index in [4.69, 9.17) is 0 Å². The number of hydrogen-bond donors (Lipinski definition) is 0. The Labute approximate surface area is 129 Å². The summed E-state index contributed by atoms with van der Waals surface area (Å²) in [7, 11) is 0. The van der Waals surface area contributed by atoms with E-state index in [1.165, 1.54) is 0 Å². The van der Waals surface area contributed by atoms with E-state index in [0.717, 1.165) is 0 Å². The average Bonchev–Trinajstić information content (AvgIpc) is 2.45. The fraction of sp³-hybridized carbons (Fsp3) is 0.800. The van der Waals surface area contributed by atoms with Gasteiger partial charge in [0.15, 0.2) is 11.9 Å². The van der Waals surface area contributed by atoms with Gasteiger partial charge in [0.25, 0.3) is 0 Å². The molecule has 2 atom stereocenters. The number of carbonyl (C=O) groups is 2. The van der Waals surface area contributed by atoms with Crippen molar-refractivity contribution < 1.29 is 55.3 Å². The van der Waals surface area contributed by atoms with Crippen LogP contribution in [0.4, 0.5) is 26.3 Å². The maximum atomic E-state index is 14.1. The van der Waals surface area contributed by atoms with Crippen LogP contribution in [0.15, 0.2) is 0 Å². The molecule has 0 aromatic heterocycles. The minimum absolute atomic E-state index is 0.0970. The van der Waals surface area contributed by atoms with Crippen molar-refractivity contribution in [1.29, 1.82) is 0 Å². The molecule has 13 heteroatoms. The zero-order chi connectivity index (χ0) is 17.9. The highest BCUT2D eigenvalue weighted by atomic mass is 32.2.